The summed E-state index contributed by atoms with van der Waals surface area (Å²) < 4.78 is 5.05. The monoisotopic (exact) mass is 190 g/mol. The first-order valence-electron chi connectivity index (χ1n) is 4.39. The van der Waals surface area contributed by atoms with Gasteiger partial charge in [-0.3, -0.25) is 4.90 Å². The first kappa shape index (κ1) is 10.6. The molecule has 0 saturated carbocycles. The molecule has 1 aromatic carbocycles. The van der Waals surface area contributed by atoms with Crippen molar-refractivity contribution in [2.75, 3.05) is 21.2 Å². The third kappa shape index (κ3) is 2.24. The lowest BCUT2D eigenvalue weighted by Crippen LogP contribution is -2.18. The van der Waals surface area contributed by atoms with Crippen LogP contribution in [0.15, 0.2) is 24.3 Å². The van der Waals surface area contributed by atoms with E-state index in [2.05, 4.69) is 6.07 Å². The lowest BCUT2D eigenvalue weighted by molar-refractivity contribution is 0.357. The molecular formula is C11H14N2O. The standard InChI is InChI=1S/C11H14N2O/c1-13(2)11(8-12)9-4-6-10(14-3)7-5-9/h4-7,11H,1-3H3/t11-/m0/s1. The minimum absolute atomic E-state index is 0.194. The molecule has 0 bridgehead atoms. The maximum absolute atomic E-state index is 8.95. The SMILES string of the molecule is COc1ccc([C@H](C#N)N(C)C)cc1. The molecule has 0 aliphatic rings. The van der Waals surface area contributed by atoms with E-state index in [0.717, 1.165) is 11.3 Å². The average molecular weight is 190 g/mol. The van der Waals surface area contributed by atoms with Gasteiger partial charge in [0.25, 0.3) is 0 Å². The van der Waals surface area contributed by atoms with Gasteiger partial charge in [0.2, 0.25) is 0 Å². The van der Waals surface area contributed by atoms with Crippen molar-refractivity contribution in [3.05, 3.63) is 29.8 Å². The van der Waals surface area contributed by atoms with E-state index in [-0.39, 0.29) is 6.04 Å². The summed E-state index contributed by atoms with van der Waals surface area (Å²) in [6.45, 7) is 0. The largest absolute Gasteiger partial charge is 0.497 e. The summed E-state index contributed by atoms with van der Waals surface area (Å²) in [4.78, 5) is 1.88. The molecule has 0 aliphatic carbocycles. The molecule has 0 unspecified atom stereocenters. The fourth-order valence-corrected chi connectivity index (χ4v) is 1.27. The smallest absolute Gasteiger partial charge is 0.123 e. The van der Waals surface area contributed by atoms with E-state index in [4.69, 9.17) is 10.00 Å². The van der Waals surface area contributed by atoms with Crippen molar-refractivity contribution in [3.8, 4) is 11.8 Å². The number of methoxy groups -OCH3 is 1. The maximum Gasteiger partial charge on any atom is 0.123 e. The highest BCUT2D eigenvalue weighted by molar-refractivity contribution is 5.31. The van der Waals surface area contributed by atoms with Crippen LogP contribution in [0.1, 0.15) is 11.6 Å². The zero-order valence-electron chi connectivity index (χ0n) is 8.69. The minimum Gasteiger partial charge on any atom is -0.497 e. The summed E-state index contributed by atoms with van der Waals surface area (Å²) in [6, 6.07) is 9.59. The Labute approximate surface area is 84.5 Å². The molecule has 0 N–H and O–H groups in total. The summed E-state index contributed by atoms with van der Waals surface area (Å²) in [5.74, 6) is 0.809. The molecule has 74 valence electrons. The summed E-state index contributed by atoms with van der Waals surface area (Å²) in [6.07, 6.45) is 0. The number of hydrogen-bond donors (Lipinski definition) is 0. The van der Waals surface area contributed by atoms with E-state index >= 15 is 0 Å². The summed E-state index contributed by atoms with van der Waals surface area (Å²) >= 11 is 0. The van der Waals surface area contributed by atoms with Gasteiger partial charge in [0, 0.05) is 0 Å². The number of ether oxygens (including phenoxy) is 1. The molecule has 0 aliphatic heterocycles. The average Bonchev–Trinajstić information content (AvgIpc) is 2.19. The van der Waals surface area contributed by atoms with Gasteiger partial charge in [0.1, 0.15) is 11.8 Å². The van der Waals surface area contributed by atoms with Gasteiger partial charge in [-0.05, 0) is 31.8 Å². The molecule has 1 aromatic rings. The number of nitriles is 1. The second-order valence-electron chi connectivity index (χ2n) is 3.27. The quantitative estimate of drug-likeness (QED) is 0.729. The molecule has 0 saturated heterocycles. The third-order valence-electron chi connectivity index (χ3n) is 2.07. The van der Waals surface area contributed by atoms with Gasteiger partial charge in [-0.2, -0.15) is 5.26 Å². The van der Waals surface area contributed by atoms with E-state index < -0.39 is 0 Å². The van der Waals surface area contributed by atoms with Gasteiger partial charge >= 0.3 is 0 Å². The summed E-state index contributed by atoms with van der Waals surface area (Å²) in [7, 11) is 5.40. The van der Waals surface area contributed by atoms with Crippen molar-refractivity contribution in [3.63, 3.8) is 0 Å². The highest BCUT2D eigenvalue weighted by Crippen LogP contribution is 2.20. The third-order valence-corrected chi connectivity index (χ3v) is 2.07. The van der Waals surface area contributed by atoms with Crippen LogP contribution >= 0.6 is 0 Å². The number of benzene rings is 1. The van der Waals surface area contributed by atoms with Crippen molar-refractivity contribution < 1.29 is 4.74 Å². The van der Waals surface area contributed by atoms with Gasteiger partial charge in [-0.25, -0.2) is 0 Å². The van der Waals surface area contributed by atoms with E-state index in [0.29, 0.717) is 0 Å². The van der Waals surface area contributed by atoms with Gasteiger partial charge in [-0.15, -0.1) is 0 Å². The lowest BCUT2D eigenvalue weighted by Gasteiger charge is -2.17. The van der Waals surface area contributed by atoms with Crippen LogP contribution in [0.2, 0.25) is 0 Å². The van der Waals surface area contributed by atoms with Crippen LogP contribution in [-0.4, -0.2) is 26.1 Å². The number of hydrogen-bond acceptors (Lipinski definition) is 3. The first-order chi connectivity index (χ1) is 6.69. The van der Waals surface area contributed by atoms with Crippen LogP contribution in [0, 0.1) is 11.3 Å². The molecular weight excluding hydrogens is 176 g/mol. The van der Waals surface area contributed by atoms with Gasteiger partial charge < -0.3 is 4.74 Å². The summed E-state index contributed by atoms with van der Waals surface area (Å²) in [5, 5.41) is 8.95. The summed E-state index contributed by atoms with van der Waals surface area (Å²) in [5.41, 5.74) is 0.985. The maximum atomic E-state index is 8.95. The van der Waals surface area contributed by atoms with Gasteiger partial charge in [-0.1, -0.05) is 12.1 Å². The van der Waals surface area contributed by atoms with E-state index in [9.17, 15) is 0 Å². The molecule has 0 radical (unpaired) electrons. The Morgan fingerprint density at radius 3 is 2.21 bits per heavy atom. The van der Waals surface area contributed by atoms with Gasteiger partial charge in [0.15, 0.2) is 0 Å². The van der Waals surface area contributed by atoms with Crippen LogP contribution in [0.5, 0.6) is 5.75 Å². The molecule has 0 amide bonds. The highest BCUT2D eigenvalue weighted by atomic mass is 16.5. The molecule has 1 rings (SSSR count). The Morgan fingerprint density at radius 1 is 1.29 bits per heavy atom. The molecule has 14 heavy (non-hydrogen) atoms. The van der Waals surface area contributed by atoms with E-state index in [1.807, 2.05) is 43.3 Å². The fourth-order valence-electron chi connectivity index (χ4n) is 1.27. The molecule has 1 atom stereocenters. The molecule has 3 nitrogen and oxygen atoms in total. The Balaban J connectivity index is 2.91. The number of nitrogens with zero attached hydrogens (tertiary/aromatic N) is 2. The van der Waals surface area contributed by atoms with Crippen LogP contribution in [0.4, 0.5) is 0 Å². The lowest BCUT2D eigenvalue weighted by atomic mass is 10.1. The molecule has 0 fully saturated rings. The second kappa shape index (κ2) is 4.64. The molecule has 0 heterocycles. The van der Waals surface area contributed by atoms with E-state index in [1.54, 1.807) is 7.11 Å². The van der Waals surface area contributed by atoms with Crippen molar-refractivity contribution in [2.24, 2.45) is 0 Å². The first-order valence-corrected chi connectivity index (χ1v) is 4.39. The Hall–Kier alpha value is -1.53. The van der Waals surface area contributed by atoms with Crippen LogP contribution in [0.3, 0.4) is 0 Å². The number of rotatable bonds is 3. The normalized spacial score (nSPS) is 12.2. The van der Waals surface area contributed by atoms with Crippen molar-refractivity contribution in [2.45, 2.75) is 6.04 Å². The van der Waals surface area contributed by atoms with Crippen LogP contribution < -0.4 is 4.74 Å². The minimum atomic E-state index is -0.194. The van der Waals surface area contributed by atoms with Crippen LogP contribution in [0.25, 0.3) is 0 Å². The van der Waals surface area contributed by atoms with Crippen molar-refractivity contribution >= 4 is 0 Å². The van der Waals surface area contributed by atoms with Gasteiger partial charge in [0.05, 0.1) is 13.2 Å². The molecule has 0 aromatic heterocycles. The van der Waals surface area contributed by atoms with Crippen molar-refractivity contribution in [1.82, 2.24) is 4.90 Å². The molecule has 3 heteroatoms. The fraction of sp³-hybridized carbons (Fsp3) is 0.364. The van der Waals surface area contributed by atoms with Crippen LogP contribution in [-0.2, 0) is 0 Å². The Morgan fingerprint density at radius 2 is 1.86 bits per heavy atom. The van der Waals surface area contributed by atoms with E-state index in [1.165, 1.54) is 0 Å². The zero-order chi connectivity index (χ0) is 10.6. The predicted octanol–water partition coefficient (Wildman–Crippen LogP) is 1.82. The zero-order valence-corrected chi connectivity index (χ0v) is 8.69. The molecule has 0 spiro atoms. The predicted molar refractivity (Wildman–Crippen MR) is 55.0 cm³/mol. The highest BCUT2D eigenvalue weighted by Gasteiger charge is 2.12. The topological polar surface area (TPSA) is 36.3 Å². The Kier molecular flexibility index (Phi) is 3.49. The Bertz CT molecular complexity index is 324. The van der Waals surface area contributed by atoms with Crippen molar-refractivity contribution in [1.29, 1.82) is 5.26 Å². The second-order valence-corrected chi connectivity index (χ2v) is 3.27.